The third-order valence-electron chi connectivity index (χ3n) is 5.97. The molecule has 43 heavy (non-hydrogen) atoms. The molecular weight excluding hydrogens is 662 g/mol. The van der Waals surface area contributed by atoms with Gasteiger partial charge in [-0.15, -0.1) is 23.1 Å². The quantitative estimate of drug-likeness (QED) is 0.0367. The Balaban J connectivity index is 1.59. The van der Waals surface area contributed by atoms with Gasteiger partial charge in [-0.05, 0) is 6.42 Å². The highest BCUT2D eigenvalue weighted by Gasteiger charge is 2.58. The smallest absolute Gasteiger partial charge is 0.407 e. The van der Waals surface area contributed by atoms with E-state index in [4.69, 9.17) is 30.0 Å². The van der Waals surface area contributed by atoms with E-state index in [-0.39, 0.29) is 27.9 Å². The summed E-state index contributed by atoms with van der Waals surface area (Å²) >= 11 is 2.12. The summed E-state index contributed by atoms with van der Waals surface area (Å²) in [6.45, 7) is -1.02. The van der Waals surface area contributed by atoms with Gasteiger partial charge in [0, 0.05) is 29.7 Å². The number of aliphatic hydroxyl groups is 1. The van der Waals surface area contributed by atoms with Crippen molar-refractivity contribution in [3.63, 3.8) is 0 Å². The number of nitrogens with two attached hydrogens (primary N) is 1. The predicted molar refractivity (Wildman–Crippen MR) is 147 cm³/mol. The number of amides is 3. The maximum Gasteiger partial charge on any atom is 0.407 e. The molecule has 1 aromatic rings. The van der Waals surface area contributed by atoms with Crippen LogP contribution in [0.15, 0.2) is 21.8 Å². The molecule has 1 aromatic heterocycles. The maximum absolute atomic E-state index is 12.9. The molecule has 10 N–H and O–H groups in total. The molecule has 24 heteroatoms. The first-order valence-electron chi connectivity index (χ1n) is 11.7. The fourth-order valence-corrected chi connectivity index (χ4v) is 8.01. The van der Waals surface area contributed by atoms with Crippen LogP contribution in [0.1, 0.15) is 18.5 Å². The van der Waals surface area contributed by atoms with Crippen molar-refractivity contribution < 1.29 is 67.7 Å². The number of carboxylic acids is 1. The van der Waals surface area contributed by atoms with Crippen molar-refractivity contribution in [1.29, 1.82) is 0 Å². The van der Waals surface area contributed by atoms with E-state index in [1.807, 2.05) is 0 Å². The Morgan fingerprint density at radius 1 is 1.26 bits per heavy atom. The molecule has 0 radical (unpaired) electrons. The number of anilines is 1. The highest BCUT2D eigenvalue weighted by atomic mass is 32.2. The third-order valence-corrected chi connectivity index (χ3v) is 11.9. The molecule has 2 aliphatic rings. The number of oxime groups is 1. The van der Waals surface area contributed by atoms with Gasteiger partial charge in [-0.3, -0.25) is 23.6 Å². The van der Waals surface area contributed by atoms with Gasteiger partial charge in [-0.2, -0.15) is 0 Å². The zero-order chi connectivity index (χ0) is 32.3. The minimum atomic E-state index is -5.65. The van der Waals surface area contributed by atoms with Crippen LogP contribution < -0.4 is 16.4 Å². The van der Waals surface area contributed by atoms with Crippen LogP contribution in [0.25, 0.3) is 0 Å². The summed E-state index contributed by atoms with van der Waals surface area (Å²) in [5.74, 6) is -3.11. The Kier molecular flexibility index (Phi) is 10.6. The summed E-state index contributed by atoms with van der Waals surface area (Å²) in [6, 6.07) is -1.13. The number of carboxylic acid groups (broad SMARTS) is 1. The van der Waals surface area contributed by atoms with Crippen molar-refractivity contribution >= 4 is 73.0 Å². The lowest BCUT2D eigenvalue weighted by molar-refractivity contribution is -0.150. The Morgan fingerprint density at radius 3 is 2.44 bits per heavy atom. The number of nitrogen functional groups attached to an aromatic ring is 1. The Bertz CT molecular complexity index is 1430. The predicted octanol–water partition coefficient (Wildman–Crippen LogP) is -1.68. The van der Waals surface area contributed by atoms with Gasteiger partial charge >= 0.3 is 27.3 Å². The molecule has 0 aromatic carbocycles. The standard InChI is InChI=1S/C19H26N6O14P2S2/c1-38-24-10(9-7-43-17(20)22-9)13(26)23-11-14(27)25-12(16(28)29)8(6-42-15(11)25)5-39-18(30)21-4-2-3-19(31,40(32,33)34)41(35,36)37/h7,11,15,31H,2-6H2,1H3,(H2,20,22)(H,21,30)(H,23,26)(H,28,29)(H2,32,33,34)(H2,35,36,37)/b24-10-/t11-,15+/m1/s1. The van der Waals surface area contributed by atoms with E-state index in [0.717, 1.165) is 28.0 Å². The lowest BCUT2D eigenvalue weighted by Gasteiger charge is -2.49. The van der Waals surface area contributed by atoms with Gasteiger partial charge in [0.15, 0.2) is 10.8 Å². The molecule has 0 aliphatic carbocycles. The second kappa shape index (κ2) is 13.3. The fourth-order valence-electron chi connectivity index (χ4n) is 3.88. The largest absolute Gasteiger partial charge is 0.477 e. The molecular formula is C19H26N6O14P2S2. The molecule has 3 heterocycles. The zero-order valence-corrected chi connectivity index (χ0v) is 25.3. The number of carbonyl (C=O) groups excluding carboxylic acids is 3. The normalized spacial score (nSPS) is 19.3. The van der Waals surface area contributed by atoms with E-state index in [9.17, 15) is 38.5 Å². The SMILES string of the molecule is CO/N=C(\C(=O)N[C@@H]1C(=O)N2C(C(=O)O)=C(COC(=O)NCCCC(O)(P(=O)(O)O)P(=O)(O)O)CS[C@@H]12)c1csc(N)n1. The van der Waals surface area contributed by atoms with Gasteiger partial charge in [0.1, 0.15) is 36.5 Å². The molecule has 2 aliphatic heterocycles. The van der Waals surface area contributed by atoms with Crippen LogP contribution in [0.5, 0.6) is 0 Å². The van der Waals surface area contributed by atoms with Crippen molar-refractivity contribution in [2.75, 3.05) is 31.7 Å². The van der Waals surface area contributed by atoms with Gasteiger partial charge in [0.25, 0.3) is 16.9 Å². The van der Waals surface area contributed by atoms with E-state index < -0.39 is 87.3 Å². The number of β-lactam (4-membered cyclic amide) rings is 1. The fraction of sp³-hybridized carbons (Fsp3) is 0.474. The van der Waals surface area contributed by atoms with Crippen LogP contribution in [0.2, 0.25) is 0 Å². The van der Waals surface area contributed by atoms with Crippen molar-refractivity contribution in [1.82, 2.24) is 20.5 Å². The molecule has 0 saturated carbocycles. The second-order valence-electron chi connectivity index (χ2n) is 8.78. The number of fused-ring (bicyclic) bond motifs is 1. The van der Waals surface area contributed by atoms with E-state index in [1.54, 1.807) is 0 Å². The molecule has 0 bridgehead atoms. The summed E-state index contributed by atoms with van der Waals surface area (Å²) in [5.41, 5.74) is 5.02. The van der Waals surface area contributed by atoms with Gasteiger partial charge < -0.3 is 55.7 Å². The zero-order valence-electron chi connectivity index (χ0n) is 21.8. The minimum Gasteiger partial charge on any atom is -0.477 e. The summed E-state index contributed by atoms with van der Waals surface area (Å²) < 4.78 is 27.7. The van der Waals surface area contributed by atoms with E-state index >= 15 is 0 Å². The van der Waals surface area contributed by atoms with E-state index in [0.29, 0.717) is 0 Å². The molecule has 1 saturated heterocycles. The lowest BCUT2D eigenvalue weighted by Crippen LogP contribution is -2.71. The number of ether oxygens (including phenoxy) is 1. The Morgan fingerprint density at radius 2 is 1.91 bits per heavy atom. The Hall–Kier alpha value is -3.07. The van der Waals surface area contributed by atoms with Crippen LogP contribution in [-0.2, 0) is 33.1 Å². The van der Waals surface area contributed by atoms with Crippen molar-refractivity contribution in [3.8, 4) is 0 Å². The van der Waals surface area contributed by atoms with Crippen molar-refractivity contribution in [2.45, 2.75) is 29.3 Å². The van der Waals surface area contributed by atoms with Gasteiger partial charge in [0.05, 0.1) is 0 Å². The third kappa shape index (κ3) is 7.36. The molecule has 20 nitrogen and oxygen atoms in total. The van der Waals surface area contributed by atoms with Crippen molar-refractivity contribution in [2.24, 2.45) is 5.16 Å². The van der Waals surface area contributed by atoms with Crippen LogP contribution in [0.4, 0.5) is 9.93 Å². The number of hydrogen-bond acceptors (Lipinski definition) is 14. The van der Waals surface area contributed by atoms with E-state index in [2.05, 4.69) is 25.6 Å². The maximum atomic E-state index is 12.9. The summed E-state index contributed by atoms with van der Waals surface area (Å²) in [6.07, 6.45) is -2.68. The first-order valence-corrected chi connectivity index (χ1v) is 16.9. The number of rotatable bonds is 13. The highest BCUT2D eigenvalue weighted by Crippen LogP contribution is 2.69. The van der Waals surface area contributed by atoms with E-state index in [1.165, 1.54) is 12.5 Å². The first kappa shape index (κ1) is 34.4. The molecule has 3 amide bonds. The van der Waals surface area contributed by atoms with Crippen LogP contribution in [0, 0.1) is 0 Å². The van der Waals surface area contributed by atoms with Gasteiger partial charge in [-0.25, -0.2) is 14.6 Å². The number of carbonyl (C=O) groups is 4. The number of aromatic nitrogens is 1. The molecule has 1 fully saturated rings. The molecule has 0 unspecified atom stereocenters. The lowest BCUT2D eigenvalue weighted by atomic mass is 10.0. The van der Waals surface area contributed by atoms with Crippen LogP contribution in [-0.4, -0.2) is 112 Å². The highest BCUT2D eigenvalue weighted by molar-refractivity contribution is 8.00. The monoisotopic (exact) mass is 688 g/mol. The number of alkyl carbamates (subject to hydrolysis) is 1. The minimum absolute atomic E-state index is 0.0189. The number of thioether (sulfide) groups is 1. The molecule has 2 atom stereocenters. The van der Waals surface area contributed by atoms with Crippen LogP contribution in [0.3, 0.4) is 0 Å². The number of nitrogens with one attached hydrogen (secondary N) is 2. The topological polar surface area (TPSA) is 321 Å². The number of aliphatic carboxylic acids is 1. The van der Waals surface area contributed by atoms with Gasteiger partial charge in [0.2, 0.25) is 0 Å². The average molecular weight is 689 g/mol. The van der Waals surface area contributed by atoms with Gasteiger partial charge in [-0.1, -0.05) is 5.16 Å². The summed E-state index contributed by atoms with van der Waals surface area (Å²) in [7, 11) is -10.1. The summed E-state index contributed by atoms with van der Waals surface area (Å²) in [5, 5.41) is 25.0. The first-order chi connectivity index (χ1) is 19.9. The summed E-state index contributed by atoms with van der Waals surface area (Å²) in [4.78, 5) is 95.9. The number of nitrogens with zero attached hydrogens (tertiary/aromatic N) is 3. The second-order valence-corrected chi connectivity index (χ2v) is 14.8. The molecule has 0 spiro atoms. The molecule has 238 valence electrons. The Labute approximate surface area is 249 Å². The number of hydrogen-bond donors (Lipinski definition) is 9. The van der Waals surface area contributed by atoms with Crippen molar-refractivity contribution in [3.05, 3.63) is 22.3 Å². The molecule has 3 rings (SSSR count). The average Bonchev–Trinajstić information content (AvgIpc) is 3.34. The number of thiazole rings is 1. The van der Waals surface area contributed by atoms with Crippen LogP contribution >= 0.6 is 38.3 Å².